The number of phenolic OH excluding ortho intramolecular Hbond substituents is 2. The Kier molecular flexibility index (Phi) is 5.29. The molecule has 160 valence electrons. The molecule has 0 aromatic heterocycles. The number of ether oxygens (including phenoxy) is 3. The molecule has 0 radical (unpaired) electrons. The number of aliphatic hydroxyl groups excluding tert-OH is 3. The third-order valence-electron chi connectivity index (χ3n) is 5.30. The lowest BCUT2D eigenvalue weighted by Gasteiger charge is -2.39. The van der Waals surface area contributed by atoms with Crippen molar-refractivity contribution >= 4 is 5.78 Å². The summed E-state index contributed by atoms with van der Waals surface area (Å²) in [4.78, 5) is 12.6. The van der Waals surface area contributed by atoms with Crippen molar-refractivity contribution in [2.24, 2.45) is 0 Å². The van der Waals surface area contributed by atoms with Crippen LogP contribution in [-0.4, -0.2) is 62.0 Å². The quantitative estimate of drug-likeness (QED) is 0.493. The molecule has 0 spiro atoms. The molecule has 2 aromatic rings. The van der Waals surface area contributed by atoms with Gasteiger partial charge in [-0.25, -0.2) is 0 Å². The highest BCUT2D eigenvalue weighted by molar-refractivity contribution is 6.02. The molecule has 0 aliphatic carbocycles. The minimum absolute atomic E-state index is 0.0115. The summed E-state index contributed by atoms with van der Waals surface area (Å²) in [5.41, 5.74) is 0.695. The summed E-state index contributed by atoms with van der Waals surface area (Å²) in [7, 11) is 0. The Morgan fingerprint density at radius 2 is 1.70 bits per heavy atom. The maximum atomic E-state index is 12.6. The van der Waals surface area contributed by atoms with Gasteiger partial charge in [-0.1, -0.05) is 12.1 Å². The van der Waals surface area contributed by atoms with Crippen LogP contribution in [0.2, 0.25) is 0 Å². The van der Waals surface area contributed by atoms with Gasteiger partial charge in [-0.05, 0) is 24.6 Å². The summed E-state index contributed by atoms with van der Waals surface area (Å²) in [5, 5.41) is 49.6. The molecule has 0 saturated carbocycles. The number of carbonyl (C=O) groups is 1. The molecule has 0 bridgehead atoms. The molecule has 9 nitrogen and oxygen atoms in total. The molecule has 2 aromatic carbocycles. The predicted octanol–water partition coefficient (Wildman–Crippen LogP) is 1.01. The molecule has 2 heterocycles. The molecule has 4 rings (SSSR count). The molecule has 2 aliphatic heterocycles. The first-order valence-electron chi connectivity index (χ1n) is 9.46. The van der Waals surface area contributed by atoms with Gasteiger partial charge in [-0.2, -0.15) is 0 Å². The zero-order valence-electron chi connectivity index (χ0n) is 16.0. The van der Waals surface area contributed by atoms with Crippen LogP contribution in [0.15, 0.2) is 36.4 Å². The molecular weight excluding hydrogens is 396 g/mol. The number of rotatable bonds is 3. The van der Waals surface area contributed by atoms with E-state index in [2.05, 4.69) is 0 Å². The van der Waals surface area contributed by atoms with Crippen LogP contribution in [0.5, 0.6) is 23.0 Å². The van der Waals surface area contributed by atoms with Gasteiger partial charge >= 0.3 is 0 Å². The number of phenols is 2. The lowest BCUT2D eigenvalue weighted by molar-refractivity contribution is -0.268. The molecule has 6 atom stereocenters. The summed E-state index contributed by atoms with van der Waals surface area (Å²) in [5.74, 6) is -0.444. The third kappa shape index (κ3) is 3.68. The molecule has 1 fully saturated rings. The summed E-state index contributed by atoms with van der Waals surface area (Å²) in [6.07, 6.45) is -6.97. The smallest absolute Gasteiger partial charge is 0.229 e. The maximum Gasteiger partial charge on any atom is 0.229 e. The fourth-order valence-electron chi connectivity index (χ4n) is 3.60. The average Bonchev–Trinajstić information content (AvgIpc) is 2.70. The second kappa shape index (κ2) is 7.77. The average molecular weight is 418 g/mol. The summed E-state index contributed by atoms with van der Waals surface area (Å²) >= 11 is 0. The van der Waals surface area contributed by atoms with Gasteiger partial charge in [0.15, 0.2) is 5.78 Å². The number of benzene rings is 2. The SMILES string of the molecule is CC1OC(Oc2cc(O)c3c(c2)OC(c2ccc(O)cc2)CC3=O)C(O)C(O)C1O. The fourth-order valence-corrected chi connectivity index (χ4v) is 3.60. The molecule has 30 heavy (non-hydrogen) atoms. The van der Waals surface area contributed by atoms with E-state index in [1.165, 1.54) is 31.2 Å². The molecule has 2 aliphatic rings. The van der Waals surface area contributed by atoms with Crippen LogP contribution < -0.4 is 9.47 Å². The Morgan fingerprint density at radius 3 is 2.40 bits per heavy atom. The van der Waals surface area contributed by atoms with E-state index in [0.717, 1.165) is 0 Å². The van der Waals surface area contributed by atoms with Crippen LogP contribution in [0.4, 0.5) is 0 Å². The monoisotopic (exact) mass is 418 g/mol. The van der Waals surface area contributed by atoms with Crippen molar-refractivity contribution in [2.45, 2.75) is 50.2 Å². The van der Waals surface area contributed by atoms with E-state index in [1.807, 2.05) is 0 Å². The number of aliphatic hydroxyl groups is 3. The van der Waals surface area contributed by atoms with Gasteiger partial charge in [0.25, 0.3) is 0 Å². The van der Waals surface area contributed by atoms with E-state index in [-0.39, 0.29) is 40.8 Å². The van der Waals surface area contributed by atoms with Crippen LogP contribution in [0.1, 0.15) is 35.4 Å². The van der Waals surface area contributed by atoms with Gasteiger partial charge in [-0.3, -0.25) is 4.79 Å². The minimum atomic E-state index is -1.53. The molecule has 5 N–H and O–H groups in total. The van der Waals surface area contributed by atoms with Crippen molar-refractivity contribution < 1.29 is 44.5 Å². The second-order valence-corrected chi connectivity index (χ2v) is 7.44. The number of carbonyl (C=O) groups excluding carboxylic acids is 1. The Labute approximate surface area is 171 Å². The number of ketones is 1. The maximum absolute atomic E-state index is 12.6. The van der Waals surface area contributed by atoms with E-state index in [9.17, 15) is 30.3 Å². The topological polar surface area (TPSA) is 146 Å². The van der Waals surface area contributed by atoms with Gasteiger partial charge < -0.3 is 39.7 Å². The van der Waals surface area contributed by atoms with E-state index in [0.29, 0.717) is 5.56 Å². The van der Waals surface area contributed by atoms with Crippen LogP contribution >= 0.6 is 0 Å². The highest BCUT2D eigenvalue weighted by Crippen LogP contribution is 2.42. The van der Waals surface area contributed by atoms with Crippen molar-refractivity contribution in [3.8, 4) is 23.0 Å². The van der Waals surface area contributed by atoms with Crippen LogP contribution in [0.25, 0.3) is 0 Å². The van der Waals surface area contributed by atoms with E-state index in [4.69, 9.17) is 14.2 Å². The number of hydrogen-bond acceptors (Lipinski definition) is 9. The minimum Gasteiger partial charge on any atom is -0.508 e. The first-order chi connectivity index (χ1) is 14.2. The lowest BCUT2D eigenvalue weighted by atomic mass is 9.95. The highest BCUT2D eigenvalue weighted by atomic mass is 16.7. The molecule has 6 unspecified atom stereocenters. The van der Waals surface area contributed by atoms with Gasteiger partial charge in [-0.15, -0.1) is 0 Å². The Bertz CT molecular complexity index is 942. The zero-order chi connectivity index (χ0) is 21.6. The predicted molar refractivity (Wildman–Crippen MR) is 102 cm³/mol. The number of Topliss-reactive ketones (excluding diaryl/α,β-unsaturated/α-hetero) is 1. The van der Waals surface area contributed by atoms with Gasteiger partial charge in [0.2, 0.25) is 6.29 Å². The standard InChI is InChI=1S/C21H22O9/c1-9-18(25)19(26)20(27)21(28-9)29-12-6-13(23)17-14(24)8-15(30-16(17)7-12)10-2-4-11(22)5-3-10/h2-7,9,15,18-23,25-27H,8H2,1H3. The lowest BCUT2D eigenvalue weighted by Crippen LogP contribution is -2.58. The van der Waals surface area contributed by atoms with Gasteiger partial charge in [0.05, 0.1) is 12.5 Å². The van der Waals surface area contributed by atoms with Crippen LogP contribution in [0, 0.1) is 0 Å². The van der Waals surface area contributed by atoms with Crippen molar-refractivity contribution in [1.29, 1.82) is 0 Å². The van der Waals surface area contributed by atoms with E-state index in [1.54, 1.807) is 12.1 Å². The van der Waals surface area contributed by atoms with E-state index < -0.39 is 36.8 Å². The largest absolute Gasteiger partial charge is 0.508 e. The number of aromatic hydroxyl groups is 2. The van der Waals surface area contributed by atoms with Gasteiger partial charge in [0.1, 0.15) is 53.0 Å². The fraction of sp³-hybridized carbons (Fsp3) is 0.381. The second-order valence-electron chi connectivity index (χ2n) is 7.44. The molecule has 1 saturated heterocycles. The number of hydrogen-bond donors (Lipinski definition) is 5. The zero-order valence-corrected chi connectivity index (χ0v) is 16.0. The van der Waals surface area contributed by atoms with E-state index >= 15 is 0 Å². The van der Waals surface area contributed by atoms with Crippen molar-refractivity contribution in [1.82, 2.24) is 0 Å². The van der Waals surface area contributed by atoms with Crippen molar-refractivity contribution in [3.63, 3.8) is 0 Å². The summed E-state index contributed by atoms with van der Waals surface area (Å²) in [6.45, 7) is 1.52. The third-order valence-corrected chi connectivity index (χ3v) is 5.30. The Hall–Kier alpha value is -2.85. The molecule has 0 amide bonds. The van der Waals surface area contributed by atoms with Gasteiger partial charge in [0, 0.05) is 12.1 Å². The van der Waals surface area contributed by atoms with Crippen LogP contribution in [-0.2, 0) is 4.74 Å². The summed E-state index contributed by atoms with van der Waals surface area (Å²) < 4.78 is 16.9. The summed E-state index contributed by atoms with van der Waals surface area (Å²) in [6, 6.07) is 8.82. The Balaban J connectivity index is 1.59. The molecular formula is C21H22O9. The highest BCUT2D eigenvalue weighted by Gasteiger charge is 2.43. The first-order valence-corrected chi connectivity index (χ1v) is 9.46. The van der Waals surface area contributed by atoms with Crippen molar-refractivity contribution in [3.05, 3.63) is 47.5 Å². The van der Waals surface area contributed by atoms with Crippen LogP contribution in [0.3, 0.4) is 0 Å². The normalized spacial score (nSPS) is 31.0. The Morgan fingerprint density at radius 1 is 1.00 bits per heavy atom. The van der Waals surface area contributed by atoms with Crippen molar-refractivity contribution in [2.75, 3.05) is 0 Å². The number of fused-ring (bicyclic) bond motifs is 1. The molecule has 9 heteroatoms. The first kappa shape index (κ1) is 20.4.